The summed E-state index contributed by atoms with van der Waals surface area (Å²) < 4.78 is 7.58. The van der Waals surface area contributed by atoms with E-state index in [1.54, 1.807) is 24.3 Å². The van der Waals surface area contributed by atoms with Gasteiger partial charge in [0.05, 0.1) is 21.7 Å². The maximum atomic E-state index is 12.4. The minimum absolute atomic E-state index is 0.190. The van der Waals surface area contributed by atoms with Gasteiger partial charge >= 0.3 is 0 Å². The number of halogens is 3. The molecule has 1 fully saturated rings. The number of nitrogens with one attached hydrogen (secondary N) is 1. The SMILES string of the molecule is CCCOc1c(Br)cc(Br)cc1/C=C1\SC(=Nc2ccc(Cl)cc2)NC1=O. The first-order valence-electron chi connectivity index (χ1n) is 8.13. The second-order valence-electron chi connectivity index (χ2n) is 5.61. The lowest BCUT2D eigenvalue weighted by Crippen LogP contribution is -2.19. The number of carbonyl (C=O) groups is 1. The summed E-state index contributed by atoms with van der Waals surface area (Å²) in [6, 6.07) is 11.0. The van der Waals surface area contributed by atoms with Crippen molar-refractivity contribution in [2.45, 2.75) is 13.3 Å². The monoisotopic (exact) mass is 528 g/mol. The van der Waals surface area contributed by atoms with Crippen LogP contribution in [0.2, 0.25) is 5.02 Å². The Morgan fingerprint density at radius 3 is 2.70 bits per heavy atom. The molecule has 0 bridgehead atoms. The van der Waals surface area contributed by atoms with Crippen LogP contribution < -0.4 is 10.1 Å². The Bertz CT molecular complexity index is 930. The zero-order chi connectivity index (χ0) is 19.4. The summed E-state index contributed by atoms with van der Waals surface area (Å²) in [5.74, 6) is 0.522. The maximum absolute atomic E-state index is 12.4. The highest BCUT2D eigenvalue weighted by Gasteiger charge is 2.24. The molecule has 1 amide bonds. The molecule has 0 spiro atoms. The molecule has 0 atom stereocenters. The summed E-state index contributed by atoms with van der Waals surface area (Å²) in [5, 5.41) is 3.96. The highest BCUT2D eigenvalue weighted by atomic mass is 79.9. The molecule has 1 saturated heterocycles. The molecule has 1 N–H and O–H groups in total. The average molecular weight is 531 g/mol. The topological polar surface area (TPSA) is 50.7 Å². The predicted molar refractivity (Wildman–Crippen MR) is 120 cm³/mol. The molecule has 0 aromatic heterocycles. The van der Waals surface area contributed by atoms with E-state index >= 15 is 0 Å². The van der Waals surface area contributed by atoms with Gasteiger partial charge in [-0.25, -0.2) is 4.99 Å². The Labute approximate surface area is 183 Å². The van der Waals surface area contributed by atoms with Gasteiger partial charge in [0.1, 0.15) is 5.75 Å². The molecule has 3 rings (SSSR count). The van der Waals surface area contributed by atoms with Gasteiger partial charge in [-0.1, -0.05) is 34.5 Å². The number of hydrogen-bond acceptors (Lipinski definition) is 4. The minimum Gasteiger partial charge on any atom is -0.492 e. The number of carbonyl (C=O) groups excluding carboxylic acids is 1. The molecule has 1 aliphatic rings. The van der Waals surface area contributed by atoms with E-state index in [2.05, 4.69) is 42.2 Å². The maximum Gasteiger partial charge on any atom is 0.264 e. The zero-order valence-corrected chi connectivity index (χ0v) is 19.0. The lowest BCUT2D eigenvalue weighted by molar-refractivity contribution is -0.115. The number of benzene rings is 2. The van der Waals surface area contributed by atoms with E-state index in [-0.39, 0.29) is 5.91 Å². The van der Waals surface area contributed by atoms with Crippen LogP contribution in [0, 0.1) is 0 Å². The quantitative estimate of drug-likeness (QED) is 0.447. The third-order valence-electron chi connectivity index (χ3n) is 3.48. The third kappa shape index (κ3) is 5.38. The normalized spacial score (nSPS) is 16.8. The second-order valence-corrected chi connectivity index (χ2v) is 8.85. The fraction of sp³-hybridized carbons (Fsp3) is 0.158. The van der Waals surface area contributed by atoms with Crippen LogP contribution in [0.25, 0.3) is 6.08 Å². The van der Waals surface area contributed by atoms with Crippen molar-refractivity contribution in [3.63, 3.8) is 0 Å². The summed E-state index contributed by atoms with van der Waals surface area (Å²) >= 11 is 14.2. The van der Waals surface area contributed by atoms with Crippen molar-refractivity contribution in [2.24, 2.45) is 4.99 Å². The number of amidine groups is 1. The first kappa shape index (κ1) is 20.5. The minimum atomic E-state index is -0.190. The number of rotatable bonds is 5. The van der Waals surface area contributed by atoms with Crippen LogP contribution in [0.1, 0.15) is 18.9 Å². The number of aliphatic imine (C=N–C) groups is 1. The highest BCUT2D eigenvalue weighted by molar-refractivity contribution is 9.11. The van der Waals surface area contributed by atoms with Gasteiger partial charge in [-0.3, -0.25) is 4.79 Å². The van der Waals surface area contributed by atoms with Gasteiger partial charge in [-0.2, -0.15) is 0 Å². The number of amides is 1. The molecule has 27 heavy (non-hydrogen) atoms. The summed E-state index contributed by atoms with van der Waals surface area (Å²) in [6.07, 6.45) is 2.70. The summed E-state index contributed by atoms with van der Waals surface area (Å²) in [6.45, 7) is 2.64. The molecule has 0 saturated carbocycles. The molecule has 0 unspecified atom stereocenters. The van der Waals surface area contributed by atoms with Gasteiger partial charge in [0, 0.05) is 15.1 Å². The molecular formula is C19H15Br2ClN2O2S. The van der Waals surface area contributed by atoms with Gasteiger partial charge in [-0.05, 0) is 76.6 Å². The fourth-order valence-electron chi connectivity index (χ4n) is 2.30. The van der Waals surface area contributed by atoms with E-state index in [4.69, 9.17) is 16.3 Å². The molecule has 140 valence electrons. The largest absolute Gasteiger partial charge is 0.492 e. The average Bonchev–Trinajstić information content (AvgIpc) is 2.95. The van der Waals surface area contributed by atoms with Gasteiger partial charge in [0.2, 0.25) is 0 Å². The smallest absolute Gasteiger partial charge is 0.264 e. The van der Waals surface area contributed by atoms with Gasteiger partial charge in [-0.15, -0.1) is 0 Å². The number of nitrogens with zero attached hydrogens (tertiary/aromatic N) is 1. The molecule has 1 heterocycles. The van der Waals surface area contributed by atoms with Crippen LogP contribution in [0.5, 0.6) is 5.75 Å². The molecule has 1 aliphatic heterocycles. The first-order chi connectivity index (χ1) is 13.0. The molecule has 8 heteroatoms. The molecule has 2 aromatic carbocycles. The van der Waals surface area contributed by atoms with E-state index in [9.17, 15) is 4.79 Å². The van der Waals surface area contributed by atoms with Gasteiger partial charge in [0.15, 0.2) is 5.17 Å². The highest BCUT2D eigenvalue weighted by Crippen LogP contribution is 2.37. The van der Waals surface area contributed by atoms with Crippen molar-refractivity contribution in [3.05, 3.63) is 60.8 Å². The van der Waals surface area contributed by atoms with Crippen LogP contribution in [-0.4, -0.2) is 17.7 Å². The van der Waals surface area contributed by atoms with Crippen LogP contribution in [-0.2, 0) is 4.79 Å². The van der Waals surface area contributed by atoms with E-state index in [1.165, 1.54) is 11.8 Å². The molecular weight excluding hydrogens is 516 g/mol. The van der Waals surface area contributed by atoms with Crippen molar-refractivity contribution in [3.8, 4) is 5.75 Å². The Morgan fingerprint density at radius 2 is 2.00 bits per heavy atom. The standard InChI is InChI=1S/C19H15Br2ClN2O2S/c1-2-7-26-17-11(8-12(20)10-15(17)21)9-16-18(25)24-19(27-16)23-14-5-3-13(22)4-6-14/h3-6,8-10H,2,7H2,1H3,(H,23,24,25)/b16-9-. The van der Waals surface area contributed by atoms with Crippen LogP contribution in [0.15, 0.2) is 55.2 Å². The van der Waals surface area contributed by atoms with E-state index < -0.39 is 0 Å². The Hall–Kier alpha value is -1.28. The fourth-order valence-corrected chi connectivity index (χ4v) is 4.63. The first-order valence-corrected chi connectivity index (χ1v) is 10.9. The van der Waals surface area contributed by atoms with Gasteiger partial charge in [0.25, 0.3) is 5.91 Å². The number of hydrogen-bond donors (Lipinski definition) is 1. The molecule has 2 aromatic rings. The van der Waals surface area contributed by atoms with E-state index in [0.717, 1.165) is 26.6 Å². The van der Waals surface area contributed by atoms with Crippen molar-refractivity contribution in [1.29, 1.82) is 0 Å². The number of ether oxygens (including phenoxy) is 1. The molecule has 4 nitrogen and oxygen atoms in total. The zero-order valence-electron chi connectivity index (χ0n) is 14.3. The summed E-state index contributed by atoms with van der Waals surface area (Å²) in [7, 11) is 0. The number of thioether (sulfide) groups is 1. The van der Waals surface area contributed by atoms with Crippen LogP contribution >= 0.6 is 55.2 Å². The van der Waals surface area contributed by atoms with Crippen LogP contribution in [0.3, 0.4) is 0 Å². The Balaban J connectivity index is 1.89. The van der Waals surface area contributed by atoms with E-state index in [1.807, 2.05) is 25.1 Å². The molecule has 0 radical (unpaired) electrons. The van der Waals surface area contributed by atoms with Crippen molar-refractivity contribution >= 4 is 78.1 Å². The lowest BCUT2D eigenvalue weighted by Gasteiger charge is -2.11. The van der Waals surface area contributed by atoms with Crippen LogP contribution in [0.4, 0.5) is 5.69 Å². The van der Waals surface area contributed by atoms with Gasteiger partial charge < -0.3 is 10.1 Å². The predicted octanol–water partition coefficient (Wildman–Crippen LogP) is 6.55. The van der Waals surface area contributed by atoms with Crippen molar-refractivity contribution in [1.82, 2.24) is 5.32 Å². The summed E-state index contributed by atoms with van der Waals surface area (Å²) in [5.41, 5.74) is 1.54. The third-order valence-corrected chi connectivity index (χ3v) is 5.69. The van der Waals surface area contributed by atoms with E-state index in [0.29, 0.717) is 27.5 Å². The second kappa shape index (κ2) is 9.28. The van der Waals surface area contributed by atoms with Crippen molar-refractivity contribution < 1.29 is 9.53 Å². The summed E-state index contributed by atoms with van der Waals surface area (Å²) in [4.78, 5) is 17.4. The Morgan fingerprint density at radius 1 is 1.26 bits per heavy atom. The Kier molecular flexibility index (Phi) is 7.03. The lowest BCUT2D eigenvalue weighted by atomic mass is 10.2. The molecule has 0 aliphatic carbocycles. The van der Waals surface area contributed by atoms with Crippen molar-refractivity contribution in [2.75, 3.05) is 6.61 Å².